The molecule has 0 aliphatic carbocycles. The fraction of sp³-hybridized carbons (Fsp3) is 0.615. The summed E-state index contributed by atoms with van der Waals surface area (Å²) in [5, 5.41) is 10.00. The van der Waals surface area contributed by atoms with Gasteiger partial charge in [-0.15, -0.1) is 13.2 Å². The Labute approximate surface area is 103 Å². The number of carbonyl (C=O) groups excluding carboxylic acids is 1. The van der Waals surface area contributed by atoms with E-state index in [0.29, 0.717) is 13.2 Å². The van der Waals surface area contributed by atoms with Gasteiger partial charge >= 0.3 is 5.97 Å². The van der Waals surface area contributed by atoms with Crippen molar-refractivity contribution in [2.75, 3.05) is 19.8 Å². The second-order valence-electron chi connectivity index (χ2n) is 3.81. The van der Waals surface area contributed by atoms with Gasteiger partial charge in [0.05, 0.1) is 25.9 Å². The molecule has 0 saturated heterocycles. The van der Waals surface area contributed by atoms with Gasteiger partial charge in [0.25, 0.3) is 0 Å². The highest BCUT2D eigenvalue weighted by Crippen LogP contribution is 2.16. The van der Waals surface area contributed by atoms with Crippen LogP contribution in [-0.4, -0.2) is 37.0 Å². The molecular weight excluding hydrogens is 220 g/mol. The van der Waals surface area contributed by atoms with Gasteiger partial charge in [-0.25, -0.2) is 0 Å². The molecule has 0 aromatic rings. The van der Waals surface area contributed by atoms with Crippen LogP contribution in [0.5, 0.6) is 0 Å². The molecular formula is C13H22O4. The number of hydrogen-bond donors (Lipinski definition) is 1. The van der Waals surface area contributed by atoms with Crippen LogP contribution >= 0.6 is 0 Å². The molecule has 0 rings (SSSR count). The van der Waals surface area contributed by atoms with Crippen molar-refractivity contribution in [3.8, 4) is 0 Å². The van der Waals surface area contributed by atoms with E-state index in [9.17, 15) is 9.90 Å². The zero-order valence-corrected chi connectivity index (χ0v) is 10.6. The molecule has 1 N–H and O–H groups in total. The van der Waals surface area contributed by atoms with Crippen molar-refractivity contribution in [3.63, 3.8) is 0 Å². The summed E-state index contributed by atoms with van der Waals surface area (Å²) >= 11 is 0. The second kappa shape index (κ2) is 8.96. The molecule has 0 aliphatic heterocycles. The van der Waals surface area contributed by atoms with Gasteiger partial charge in [-0.05, 0) is 6.92 Å². The van der Waals surface area contributed by atoms with Crippen LogP contribution in [0, 0.1) is 11.8 Å². The highest BCUT2D eigenvalue weighted by Gasteiger charge is 2.29. The molecule has 0 aromatic carbocycles. The summed E-state index contributed by atoms with van der Waals surface area (Å²) in [4.78, 5) is 11.5. The Morgan fingerprint density at radius 3 is 2.59 bits per heavy atom. The highest BCUT2D eigenvalue weighted by molar-refractivity contribution is 5.75. The maximum absolute atomic E-state index is 11.5. The van der Waals surface area contributed by atoms with Crippen LogP contribution in [-0.2, 0) is 14.3 Å². The molecule has 0 fully saturated rings. The van der Waals surface area contributed by atoms with Crippen LogP contribution in [0.3, 0.4) is 0 Å². The molecule has 0 aromatic heterocycles. The SMILES string of the molecule is C=CCOC[C@@H](C)[C@@H](O)[C@@H](C=C)C(=O)OCC. The summed E-state index contributed by atoms with van der Waals surface area (Å²) in [5.74, 6) is -1.34. The molecule has 0 radical (unpaired) electrons. The fourth-order valence-corrected chi connectivity index (χ4v) is 1.40. The first-order valence-electron chi connectivity index (χ1n) is 5.74. The summed E-state index contributed by atoms with van der Waals surface area (Å²) in [6.45, 7) is 11.7. The van der Waals surface area contributed by atoms with Crippen molar-refractivity contribution in [2.45, 2.75) is 20.0 Å². The van der Waals surface area contributed by atoms with E-state index in [4.69, 9.17) is 9.47 Å². The van der Waals surface area contributed by atoms with Gasteiger partial charge in [0.1, 0.15) is 5.92 Å². The van der Waals surface area contributed by atoms with Crippen LogP contribution in [0.4, 0.5) is 0 Å². The molecule has 0 heterocycles. The Morgan fingerprint density at radius 2 is 2.12 bits per heavy atom. The zero-order chi connectivity index (χ0) is 13.3. The average Bonchev–Trinajstić information content (AvgIpc) is 2.30. The maximum Gasteiger partial charge on any atom is 0.315 e. The van der Waals surface area contributed by atoms with E-state index in [1.165, 1.54) is 6.08 Å². The standard InChI is InChI=1S/C13H22O4/c1-5-8-16-9-10(4)12(14)11(6-2)13(15)17-7-3/h5-6,10-12,14H,1-2,7-9H2,3-4H3/t10-,11-,12-/m1/s1. The first-order chi connectivity index (χ1) is 8.08. The van der Waals surface area contributed by atoms with Crippen LogP contribution in [0.2, 0.25) is 0 Å². The summed E-state index contributed by atoms with van der Waals surface area (Å²) in [5.41, 5.74) is 0. The number of hydrogen-bond acceptors (Lipinski definition) is 4. The third-order valence-electron chi connectivity index (χ3n) is 2.38. The molecule has 0 bridgehead atoms. The quantitative estimate of drug-likeness (QED) is 0.378. The maximum atomic E-state index is 11.5. The monoisotopic (exact) mass is 242 g/mol. The molecule has 0 unspecified atom stereocenters. The minimum atomic E-state index is -0.851. The highest BCUT2D eigenvalue weighted by atomic mass is 16.5. The van der Waals surface area contributed by atoms with Crippen molar-refractivity contribution < 1.29 is 19.4 Å². The predicted molar refractivity (Wildman–Crippen MR) is 66.5 cm³/mol. The van der Waals surface area contributed by atoms with E-state index in [0.717, 1.165) is 0 Å². The largest absolute Gasteiger partial charge is 0.465 e. The van der Waals surface area contributed by atoms with Crippen LogP contribution in [0.25, 0.3) is 0 Å². The molecule has 0 amide bonds. The number of carbonyl (C=O) groups is 1. The van der Waals surface area contributed by atoms with Gasteiger partial charge < -0.3 is 14.6 Å². The van der Waals surface area contributed by atoms with E-state index in [2.05, 4.69) is 13.2 Å². The number of rotatable bonds is 9. The Bertz CT molecular complexity index is 250. The van der Waals surface area contributed by atoms with Crippen LogP contribution in [0.1, 0.15) is 13.8 Å². The summed E-state index contributed by atoms with van der Waals surface area (Å²) in [7, 11) is 0. The Kier molecular flexibility index (Phi) is 8.36. The normalized spacial score (nSPS) is 15.7. The van der Waals surface area contributed by atoms with Gasteiger partial charge in [-0.2, -0.15) is 0 Å². The topological polar surface area (TPSA) is 55.8 Å². The zero-order valence-electron chi connectivity index (χ0n) is 10.6. The van der Waals surface area contributed by atoms with Gasteiger partial charge in [0.15, 0.2) is 0 Å². The molecule has 17 heavy (non-hydrogen) atoms. The first-order valence-corrected chi connectivity index (χ1v) is 5.74. The first kappa shape index (κ1) is 15.9. The lowest BCUT2D eigenvalue weighted by Gasteiger charge is -2.23. The Hall–Kier alpha value is -1.13. The molecule has 3 atom stereocenters. The minimum absolute atomic E-state index is 0.178. The lowest BCUT2D eigenvalue weighted by molar-refractivity contribution is -0.151. The fourth-order valence-electron chi connectivity index (χ4n) is 1.40. The Morgan fingerprint density at radius 1 is 1.47 bits per heavy atom. The predicted octanol–water partition coefficient (Wildman–Crippen LogP) is 1.55. The van der Waals surface area contributed by atoms with E-state index < -0.39 is 18.0 Å². The van der Waals surface area contributed by atoms with E-state index in [1.807, 2.05) is 6.92 Å². The van der Waals surface area contributed by atoms with Crippen molar-refractivity contribution in [2.24, 2.45) is 11.8 Å². The van der Waals surface area contributed by atoms with Gasteiger partial charge in [-0.1, -0.05) is 19.1 Å². The molecule has 4 nitrogen and oxygen atoms in total. The number of aliphatic hydroxyl groups excluding tert-OH is 1. The molecule has 0 saturated carbocycles. The summed E-state index contributed by atoms with van der Waals surface area (Å²) in [6, 6.07) is 0. The van der Waals surface area contributed by atoms with Crippen molar-refractivity contribution in [1.82, 2.24) is 0 Å². The second-order valence-corrected chi connectivity index (χ2v) is 3.81. The number of esters is 1. The van der Waals surface area contributed by atoms with Crippen molar-refractivity contribution in [1.29, 1.82) is 0 Å². The van der Waals surface area contributed by atoms with Crippen molar-refractivity contribution in [3.05, 3.63) is 25.3 Å². The third-order valence-corrected chi connectivity index (χ3v) is 2.38. The summed E-state index contributed by atoms with van der Waals surface area (Å²) < 4.78 is 10.1. The van der Waals surface area contributed by atoms with Gasteiger partial charge in [-0.3, -0.25) is 4.79 Å². The lowest BCUT2D eigenvalue weighted by Crippen LogP contribution is -2.35. The number of aliphatic hydroxyl groups is 1. The summed E-state index contributed by atoms with van der Waals surface area (Å²) in [6.07, 6.45) is 2.19. The molecule has 0 aliphatic rings. The van der Waals surface area contributed by atoms with Crippen LogP contribution in [0.15, 0.2) is 25.3 Å². The molecule has 98 valence electrons. The van der Waals surface area contributed by atoms with Gasteiger partial charge in [0, 0.05) is 5.92 Å². The average molecular weight is 242 g/mol. The van der Waals surface area contributed by atoms with Crippen molar-refractivity contribution >= 4 is 5.97 Å². The van der Waals surface area contributed by atoms with E-state index in [-0.39, 0.29) is 12.5 Å². The third kappa shape index (κ3) is 5.65. The Balaban J connectivity index is 4.30. The van der Waals surface area contributed by atoms with Crippen LogP contribution < -0.4 is 0 Å². The van der Waals surface area contributed by atoms with E-state index in [1.54, 1.807) is 13.0 Å². The van der Waals surface area contributed by atoms with E-state index >= 15 is 0 Å². The molecule has 4 heteroatoms. The lowest BCUT2D eigenvalue weighted by atomic mass is 9.92. The van der Waals surface area contributed by atoms with Gasteiger partial charge in [0.2, 0.25) is 0 Å². The smallest absolute Gasteiger partial charge is 0.315 e. The number of ether oxygens (including phenoxy) is 2. The minimum Gasteiger partial charge on any atom is -0.465 e. The molecule has 0 spiro atoms.